The average Bonchev–Trinajstić information content (AvgIpc) is 3.91. The zero-order valence-electron chi connectivity index (χ0n) is 33.1. The van der Waals surface area contributed by atoms with Crippen molar-refractivity contribution in [2.45, 2.75) is 0 Å². The van der Waals surface area contributed by atoms with E-state index in [1.807, 2.05) is 22.7 Å². The smallest absolute Gasteiger partial charge is 0.0473 e. The van der Waals surface area contributed by atoms with Gasteiger partial charge in [-0.2, -0.15) is 0 Å². The SMILES string of the molecule is c1ccc(-c2cc(-c3cccc4ccccc34)cc(N(c3ccc(-c4cccc5c4sc4ccccc45)cc3)c3ccc(-c4cccc5c4sc4ccccc45)cc3)c2)cc1. The highest BCUT2D eigenvalue weighted by atomic mass is 32.1. The number of rotatable bonds is 7. The molecule has 0 saturated carbocycles. The maximum Gasteiger partial charge on any atom is 0.0473 e. The van der Waals surface area contributed by atoms with Crippen molar-refractivity contribution in [3.63, 3.8) is 0 Å². The monoisotopic (exact) mass is 811 g/mol. The summed E-state index contributed by atoms with van der Waals surface area (Å²) in [6, 6.07) is 82.4. The topological polar surface area (TPSA) is 3.24 Å². The first-order valence-corrected chi connectivity index (χ1v) is 22.4. The summed E-state index contributed by atoms with van der Waals surface area (Å²) in [7, 11) is 0. The van der Waals surface area contributed by atoms with Crippen molar-refractivity contribution in [1.29, 1.82) is 0 Å². The predicted octanol–water partition coefficient (Wildman–Crippen LogP) is 17.7. The van der Waals surface area contributed by atoms with E-state index >= 15 is 0 Å². The van der Waals surface area contributed by atoms with Crippen molar-refractivity contribution in [2.24, 2.45) is 0 Å². The lowest BCUT2D eigenvalue weighted by Gasteiger charge is -2.27. The number of benzene rings is 10. The van der Waals surface area contributed by atoms with Gasteiger partial charge in [-0.1, -0.05) is 170 Å². The molecule has 1 nitrogen and oxygen atoms in total. The molecule has 0 unspecified atom stereocenters. The Morgan fingerprint density at radius 3 is 1.33 bits per heavy atom. The van der Waals surface area contributed by atoms with Crippen LogP contribution in [-0.4, -0.2) is 0 Å². The molecule has 0 atom stereocenters. The fourth-order valence-electron chi connectivity index (χ4n) is 9.15. The van der Waals surface area contributed by atoms with Crippen LogP contribution in [0.4, 0.5) is 17.1 Å². The first kappa shape index (κ1) is 35.6. The third-order valence-electron chi connectivity index (χ3n) is 12.1. The summed E-state index contributed by atoms with van der Waals surface area (Å²) in [5.74, 6) is 0. The molecule has 0 spiro atoms. The lowest BCUT2D eigenvalue weighted by atomic mass is 9.94. The van der Waals surface area contributed by atoms with Crippen molar-refractivity contribution >= 4 is 90.9 Å². The van der Waals surface area contributed by atoms with Crippen LogP contribution in [0.1, 0.15) is 0 Å². The van der Waals surface area contributed by atoms with Gasteiger partial charge in [0, 0.05) is 57.4 Å². The first-order chi connectivity index (χ1) is 30.2. The average molecular weight is 812 g/mol. The number of hydrogen-bond acceptors (Lipinski definition) is 3. The Labute approximate surface area is 362 Å². The summed E-state index contributed by atoms with van der Waals surface area (Å²) < 4.78 is 5.29. The quantitative estimate of drug-likeness (QED) is 0.155. The van der Waals surface area contributed by atoms with E-state index in [1.54, 1.807) is 0 Å². The van der Waals surface area contributed by atoms with Gasteiger partial charge in [0.15, 0.2) is 0 Å². The molecule has 0 radical (unpaired) electrons. The maximum absolute atomic E-state index is 2.43. The molecule has 0 N–H and O–H groups in total. The number of hydrogen-bond donors (Lipinski definition) is 0. The van der Waals surface area contributed by atoms with E-state index in [2.05, 4.69) is 229 Å². The van der Waals surface area contributed by atoms with Gasteiger partial charge in [0.2, 0.25) is 0 Å². The van der Waals surface area contributed by atoms with Crippen molar-refractivity contribution in [3.8, 4) is 44.5 Å². The highest BCUT2D eigenvalue weighted by molar-refractivity contribution is 7.26. The molecule has 0 fully saturated rings. The Bertz CT molecular complexity index is 3420. The highest BCUT2D eigenvalue weighted by Crippen LogP contribution is 2.45. The van der Waals surface area contributed by atoms with Crippen LogP contribution >= 0.6 is 22.7 Å². The Hall–Kier alpha value is -7.30. The molecule has 12 aromatic rings. The molecular weight excluding hydrogens is 775 g/mol. The van der Waals surface area contributed by atoms with Gasteiger partial charge in [-0.15, -0.1) is 22.7 Å². The fourth-order valence-corrected chi connectivity index (χ4v) is 11.6. The number of thiophene rings is 2. The summed E-state index contributed by atoms with van der Waals surface area (Å²) >= 11 is 3.76. The normalized spacial score (nSPS) is 11.6. The molecule has 0 aliphatic rings. The van der Waals surface area contributed by atoms with Crippen LogP contribution in [-0.2, 0) is 0 Å². The molecule has 3 heteroatoms. The van der Waals surface area contributed by atoms with Gasteiger partial charge in [-0.25, -0.2) is 0 Å². The fraction of sp³-hybridized carbons (Fsp3) is 0. The molecule has 0 aliphatic heterocycles. The van der Waals surface area contributed by atoms with Crippen LogP contribution in [0.2, 0.25) is 0 Å². The standard InChI is InChI=1S/C58H37NS2/c1-2-13-38(14-3-1)42-35-43(48-20-10-16-39-15-4-5-17-47(39)48)37-46(36-42)59(44-31-27-40(28-32-44)49-21-11-23-53-51-18-6-8-25-55(51)60-57(49)53)45-33-29-41(30-34-45)50-22-12-24-54-52-19-7-9-26-56(52)61-58(50)54/h1-37H. The minimum absolute atomic E-state index is 1.10. The molecular formula is C58H37NS2. The lowest BCUT2D eigenvalue weighted by molar-refractivity contribution is 1.28. The van der Waals surface area contributed by atoms with Gasteiger partial charge in [0.05, 0.1) is 0 Å². The van der Waals surface area contributed by atoms with Gasteiger partial charge in [-0.3, -0.25) is 0 Å². The molecule has 61 heavy (non-hydrogen) atoms. The Morgan fingerprint density at radius 1 is 0.262 bits per heavy atom. The number of anilines is 3. The van der Waals surface area contributed by atoms with Crippen LogP contribution < -0.4 is 4.90 Å². The van der Waals surface area contributed by atoms with Gasteiger partial charge >= 0.3 is 0 Å². The predicted molar refractivity (Wildman–Crippen MR) is 266 cm³/mol. The van der Waals surface area contributed by atoms with E-state index in [0.29, 0.717) is 0 Å². The summed E-state index contributed by atoms with van der Waals surface area (Å²) in [6.45, 7) is 0. The largest absolute Gasteiger partial charge is 0.310 e. The van der Waals surface area contributed by atoms with Gasteiger partial charge in [-0.05, 0) is 110 Å². The first-order valence-electron chi connectivity index (χ1n) is 20.7. The number of nitrogens with zero attached hydrogens (tertiary/aromatic N) is 1. The lowest BCUT2D eigenvalue weighted by Crippen LogP contribution is -2.10. The summed E-state index contributed by atoms with van der Waals surface area (Å²) in [4.78, 5) is 2.43. The van der Waals surface area contributed by atoms with Crippen molar-refractivity contribution in [3.05, 3.63) is 224 Å². The third-order valence-corrected chi connectivity index (χ3v) is 14.5. The third kappa shape index (κ3) is 6.21. The zero-order chi connectivity index (χ0) is 40.3. The maximum atomic E-state index is 2.43. The second-order valence-electron chi connectivity index (χ2n) is 15.7. The van der Waals surface area contributed by atoms with Crippen LogP contribution in [0.15, 0.2) is 224 Å². The summed E-state index contributed by atoms with van der Waals surface area (Å²) in [6.07, 6.45) is 0. The number of fused-ring (bicyclic) bond motifs is 7. The molecule has 10 aromatic carbocycles. The minimum Gasteiger partial charge on any atom is -0.310 e. The summed E-state index contributed by atoms with van der Waals surface area (Å²) in [5.41, 5.74) is 13.0. The van der Waals surface area contributed by atoms with Crippen LogP contribution in [0.3, 0.4) is 0 Å². The Balaban J connectivity index is 1.03. The second-order valence-corrected chi connectivity index (χ2v) is 17.8. The summed E-state index contributed by atoms with van der Waals surface area (Å²) in [5, 5.41) is 7.74. The van der Waals surface area contributed by atoms with Crippen molar-refractivity contribution in [2.75, 3.05) is 4.90 Å². The molecule has 2 heterocycles. The zero-order valence-corrected chi connectivity index (χ0v) is 34.8. The van der Waals surface area contributed by atoms with Crippen LogP contribution in [0.25, 0.3) is 95.6 Å². The van der Waals surface area contributed by atoms with E-state index in [0.717, 1.165) is 17.1 Å². The Kier molecular flexibility index (Phi) is 8.62. The molecule has 286 valence electrons. The van der Waals surface area contributed by atoms with E-state index < -0.39 is 0 Å². The molecule has 0 saturated heterocycles. The van der Waals surface area contributed by atoms with Gasteiger partial charge in [0.1, 0.15) is 0 Å². The minimum atomic E-state index is 1.10. The van der Waals surface area contributed by atoms with Crippen molar-refractivity contribution in [1.82, 2.24) is 0 Å². The van der Waals surface area contributed by atoms with Crippen molar-refractivity contribution < 1.29 is 0 Å². The van der Waals surface area contributed by atoms with Gasteiger partial charge < -0.3 is 4.90 Å². The molecule has 12 rings (SSSR count). The Morgan fingerprint density at radius 2 is 0.721 bits per heavy atom. The molecule has 0 bridgehead atoms. The molecule has 2 aromatic heterocycles. The van der Waals surface area contributed by atoms with E-state index in [-0.39, 0.29) is 0 Å². The van der Waals surface area contributed by atoms with Gasteiger partial charge in [0.25, 0.3) is 0 Å². The van der Waals surface area contributed by atoms with Crippen LogP contribution in [0.5, 0.6) is 0 Å². The second kappa shape index (κ2) is 14.8. The molecule has 0 amide bonds. The van der Waals surface area contributed by atoms with E-state index in [9.17, 15) is 0 Å². The van der Waals surface area contributed by atoms with E-state index in [1.165, 1.54) is 95.6 Å². The molecule has 0 aliphatic carbocycles. The van der Waals surface area contributed by atoms with Crippen LogP contribution in [0, 0.1) is 0 Å². The highest BCUT2D eigenvalue weighted by Gasteiger charge is 2.19. The van der Waals surface area contributed by atoms with E-state index in [4.69, 9.17) is 0 Å².